The van der Waals surface area contributed by atoms with Gasteiger partial charge in [0.1, 0.15) is 23.9 Å². The number of carbonyl (C=O) groups excluding carboxylic acids is 2. The summed E-state index contributed by atoms with van der Waals surface area (Å²) in [5.74, 6) is -0.847. The van der Waals surface area contributed by atoms with Gasteiger partial charge in [0.15, 0.2) is 0 Å². The number of nitro groups is 1. The highest BCUT2D eigenvalue weighted by atomic mass is 16.6. The molecule has 174 valence electrons. The zero-order chi connectivity index (χ0) is 24.3. The molecular weight excluding hydrogens is 432 g/mol. The van der Waals surface area contributed by atoms with Gasteiger partial charge in [-0.25, -0.2) is 9.59 Å². The molecule has 3 rings (SSSR count). The second kappa shape index (κ2) is 9.70. The number of hydrogen-bond donors (Lipinski definition) is 0. The van der Waals surface area contributed by atoms with Crippen molar-refractivity contribution in [2.75, 3.05) is 32.5 Å². The first-order valence-corrected chi connectivity index (χ1v) is 9.96. The van der Waals surface area contributed by atoms with Crippen LogP contribution in [0.3, 0.4) is 0 Å². The Bertz CT molecular complexity index is 1160. The molecule has 0 unspecified atom stereocenters. The molecule has 0 fully saturated rings. The molecule has 2 aromatic rings. The van der Waals surface area contributed by atoms with Gasteiger partial charge in [0.25, 0.3) is 5.69 Å². The zero-order valence-corrected chi connectivity index (χ0v) is 19.0. The average Bonchev–Trinajstić information content (AvgIpc) is 2.80. The molecule has 0 aromatic heterocycles. The molecule has 0 spiro atoms. The Morgan fingerprint density at radius 3 is 2.36 bits per heavy atom. The molecule has 1 aliphatic heterocycles. The van der Waals surface area contributed by atoms with E-state index >= 15 is 0 Å². The number of carbonyl (C=O) groups is 2. The third-order valence-electron chi connectivity index (χ3n) is 5.22. The molecule has 0 N–H and O–H groups in total. The number of anilines is 1. The Labute approximate surface area is 190 Å². The number of esters is 2. The van der Waals surface area contributed by atoms with Crippen molar-refractivity contribution < 1.29 is 33.5 Å². The molecule has 33 heavy (non-hydrogen) atoms. The molecule has 10 nitrogen and oxygen atoms in total. The van der Waals surface area contributed by atoms with Gasteiger partial charge >= 0.3 is 11.9 Å². The summed E-state index contributed by atoms with van der Waals surface area (Å²) >= 11 is 0. The minimum Gasteiger partial charge on any atom is -0.466 e. The number of aryl methyl sites for hydroxylation is 2. The number of benzene rings is 2. The van der Waals surface area contributed by atoms with Crippen LogP contribution in [-0.2, 0) is 23.8 Å². The summed E-state index contributed by atoms with van der Waals surface area (Å²) in [6.07, 6.45) is 0. The van der Waals surface area contributed by atoms with Gasteiger partial charge in [-0.05, 0) is 43.5 Å². The van der Waals surface area contributed by atoms with Crippen LogP contribution < -0.4 is 9.64 Å². The second-order valence-electron chi connectivity index (χ2n) is 7.47. The quantitative estimate of drug-likeness (QED) is 0.364. The monoisotopic (exact) mass is 456 g/mol. The summed E-state index contributed by atoms with van der Waals surface area (Å²) in [6.45, 7) is 5.44. The van der Waals surface area contributed by atoms with Gasteiger partial charge in [-0.2, -0.15) is 0 Å². The maximum Gasteiger partial charge on any atom is 0.355 e. The van der Waals surface area contributed by atoms with Crippen molar-refractivity contribution in [2.45, 2.75) is 20.8 Å². The average molecular weight is 456 g/mol. The summed E-state index contributed by atoms with van der Waals surface area (Å²) in [6, 6.07) is 7.91. The van der Waals surface area contributed by atoms with Crippen LogP contribution in [0, 0.1) is 30.9 Å². The lowest BCUT2D eigenvalue weighted by Gasteiger charge is -2.31. The molecule has 0 saturated heterocycles. The first-order chi connectivity index (χ1) is 15.7. The van der Waals surface area contributed by atoms with E-state index in [1.165, 1.54) is 37.3 Å². The second-order valence-corrected chi connectivity index (χ2v) is 7.47. The van der Waals surface area contributed by atoms with E-state index in [0.29, 0.717) is 5.75 Å². The molecule has 0 radical (unpaired) electrons. The smallest absolute Gasteiger partial charge is 0.355 e. The van der Waals surface area contributed by atoms with Crippen molar-refractivity contribution in [3.8, 4) is 11.5 Å². The summed E-state index contributed by atoms with van der Waals surface area (Å²) in [7, 11) is 2.34. The molecule has 10 heteroatoms. The normalized spacial score (nSPS) is 13.5. The van der Waals surface area contributed by atoms with Gasteiger partial charge in [-0.3, -0.25) is 10.1 Å². The molecule has 2 aromatic carbocycles. The van der Waals surface area contributed by atoms with Crippen molar-refractivity contribution in [1.82, 2.24) is 0 Å². The molecule has 0 amide bonds. The number of rotatable bonds is 6. The third kappa shape index (κ3) is 4.96. The van der Waals surface area contributed by atoms with Gasteiger partial charge in [-0.1, -0.05) is 6.07 Å². The largest absolute Gasteiger partial charge is 0.466 e. The van der Waals surface area contributed by atoms with E-state index in [2.05, 4.69) is 0 Å². The minimum atomic E-state index is -0.808. The van der Waals surface area contributed by atoms with Crippen molar-refractivity contribution in [1.29, 1.82) is 0 Å². The molecule has 1 heterocycles. The lowest BCUT2D eigenvalue weighted by atomic mass is 10.1. The first-order valence-electron chi connectivity index (χ1n) is 9.96. The fourth-order valence-electron chi connectivity index (χ4n) is 3.47. The predicted octanol–water partition coefficient (Wildman–Crippen LogP) is 3.71. The van der Waals surface area contributed by atoms with E-state index in [1.54, 1.807) is 0 Å². The maximum absolute atomic E-state index is 12.5. The van der Waals surface area contributed by atoms with E-state index in [1.807, 2.05) is 32.9 Å². The molecule has 1 aliphatic rings. The van der Waals surface area contributed by atoms with Crippen molar-refractivity contribution in [3.63, 3.8) is 0 Å². The van der Waals surface area contributed by atoms with Crippen molar-refractivity contribution >= 4 is 23.3 Å². The minimum absolute atomic E-state index is 0.0604. The number of nitrogens with zero attached hydrogens (tertiary/aromatic N) is 2. The van der Waals surface area contributed by atoms with Gasteiger partial charge in [-0.15, -0.1) is 0 Å². The SMILES string of the molecule is COC(=O)C1=C(C(=O)OC)N(c2cc(Oc3cc(C)cc(C)c3C)cc([N+](=O)[O-])c2)COC1. The van der Waals surface area contributed by atoms with Crippen LogP contribution >= 0.6 is 0 Å². The first kappa shape index (κ1) is 23.7. The Morgan fingerprint density at radius 1 is 1.03 bits per heavy atom. The van der Waals surface area contributed by atoms with Gasteiger partial charge in [0.05, 0.1) is 43.1 Å². The summed E-state index contributed by atoms with van der Waals surface area (Å²) in [4.78, 5) is 37.1. The fraction of sp³-hybridized carbons (Fsp3) is 0.304. The fourth-order valence-corrected chi connectivity index (χ4v) is 3.47. The topological polar surface area (TPSA) is 117 Å². The van der Waals surface area contributed by atoms with Crippen molar-refractivity contribution in [3.05, 3.63) is 68.4 Å². The Kier molecular flexibility index (Phi) is 6.98. The third-order valence-corrected chi connectivity index (χ3v) is 5.22. The molecule has 0 aliphatic carbocycles. The Morgan fingerprint density at radius 2 is 1.73 bits per heavy atom. The predicted molar refractivity (Wildman–Crippen MR) is 118 cm³/mol. The van der Waals surface area contributed by atoms with Crippen LogP contribution in [0.4, 0.5) is 11.4 Å². The van der Waals surface area contributed by atoms with Gasteiger partial charge in [0.2, 0.25) is 0 Å². The van der Waals surface area contributed by atoms with Crippen LogP contribution in [0.2, 0.25) is 0 Å². The highest BCUT2D eigenvalue weighted by Gasteiger charge is 2.33. The van der Waals surface area contributed by atoms with E-state index in [9.17, 15) is 19.7 Å². The van der Waals surface area contributed by atoms with E-state index in [0.717, 1.165) is 16.7 Å². The highest BCUT2D eigenvalue weighted by Crippen LogP contribution is 2.36. The number of nitro benzene ring substituents is 1. The van der Waals surface area contributed by atoms with Crippen molar-refractivity contribution in [2.24, 2.45) is 0 Å². The van der Waals surface area contributed by atoms with Crippen LogP contribution in [0.5, 0.6) is 11.5 Å². The number of hydrogen-bond acceptors (Lipinski definition) is 9. The van der Waals surface area contributed by atoms with E-state index in [4.69, 9.17) is 18.9 Å². The Balaban J connectivity index is 2.14. The Hall–Kier alpha value is -3.92. The van der Waals surface area contributed by atoms with E-state index < -0.39 is 16.9 Å². The molecule has 0 atom stereocenters. The van der Waals surface area contributed by atoms with E-state index in [-0.39, 0.29) is 41.7 Å². The number of non-ortho nitro benzene ring substituents is 1. The van der Waals surface area contributed by atoms with Gasteiger partial charge in [0, 0.05) is 12.1 Å². The number of ether oxygens (including phenoxy) is 4. The van der Waals surface area contributed by atoms with Crippen LogP contribution in [0.25, 0.3) is 0 Å². The summed E-state index contributed by atoms with van der Waals surface area (Å²) in [5, 5.41) is 11.6. The van der Waals surface area contributed by atoms with Crippen LogP contribution in [-0.4, -0.2) is 44.4 Å². The standard InChI is InChI=1S/C23H24N2O8/c1-13-6-14(2)15(3)20(7-13)33-18-9-16(8-17(10-18)25(28)29)24-12-32-11-19(22(26)30-4)21(24)23(27)31-5/h6-10H,11-12H2,1-5H3. The zero-order valence-electron chi connectivity index (χ0n) is 19.0. The maximum atomic E-state index is 12.5. The lowest BCUT2D eigenvalue weighted by Crippen LogP contribution is -2.38. The van der Waals surface area contributed by atoms with Crippen LogP contribution in [0.1, 0.15) is 16.7 Å². The highest BCUT2D eigenvalue weighted by molar-refractivity contribution is 6.03. The number of methoxy groups -OCH3 is 2. The van der Waals surface area contributed by atoms with Gasteiger partial charge < -0.3 is 23.8 Å². The van der Waals surface area contributed by atoms with Crippen LogP contribution in [0.15, 0.2) is 41.6 Å². The molecule has 0 saturated carbocycles. The molecular formula is C23H24N2O8. The lowest BCUT2D eigenvalue weighted by molar-refractivity contribution is -0.384. The molecule has 0 bridgehead atoms. The summed E-state index contributed by atoms with van der Waals surface area (Å²) in [5.41, 5.74) is 2.64. The summed E-state index contributed by atoms with van der Waals surface area (Å²) < 4.78 is 21.1.